The van der Waals surface area contributed by atoms with Crippen LogP contribution in [0, 0.1) is 0 Å². The average Bonchev–Trinajstić information content (AvgIpc) is 3.15. The third-order valence-electron chi connectivity index (χ3n) is 8.99. The van der Waals surface area contributed by atoms with Crippen LogP contribution in [0.4, 0.5) is 5.69 Å². The van der Waals surface area contributed by atoms with Gasteiger partial charge < -0.3 is 19.5 Å². The molecule has 1 N–H and O–H groups in total. The SMILES string of the molecule is O=C(O)c1ccc2c(C3CCCCC3)c3n(c2c1)CCN(CC(=O)N1CCCCCCC1)c1ccccc1-3. The smallest absolute Gasteiger partial charge is 0.335 e. The van der Waals surface area contributed by atoms with Crippen molar-refractivity contribution in [2.45, 2.75) is 76.7 Å². The van der Waals surface area contributed by atoms with E-state index < -0.39 is 5.97 Å². The van der Waals surface area contributed by atoms with E-state index in [2.05, 4.69) is 38.6 Å². The van der Waals surface area contributed by atoms with Gasteiger partial charge in [0.25, 0.3) is 0 Å². The van der Waals surface area contributed by atoms with E-state index in [9.17, 15) is 14.7 Å². The molecule has 3 aliphatic rings. The van der Waals surface area contributed by atoms with Crippen molar-refractivity contribution >= 4 is 28.5 Å². The minimum Gasteiger partial charge on any atom is -0.478 e. The van der Waals surface area contributed by atoms with Gasteiger partial charge >= 0.3 is 5.97 Å². The quantitative estimate of drug-likeness (QED) is 0.423. The summed E-state index contributed by atoms with van der Waals surface area (Å²) in [6.45, 7) is 3.56. The Morgan fingerprint density at radius 3 is 2.29 bits per heavy atom. The highest BCUT2D eigenvalue weighted by atomic mass is 16.4. The number of carboxylic acids is 1. The Morgan fingerprint density at radius 1 is 0.816 bits per heavy atom. The summed E-state index contributed by atoms with van der Waals surface area (Å²) in [4.78, 5) is 29.8. The molecule has 6 heteroatoms. The van der Waals surface area contributed by atoms with Crippen molar-refractivity contribution in [3.63, 3.8) is 0 Å². The van der Waals surface area contributed by atoms with Crippen molar-refractivity contribution in [3.8, 4) is 11.3 Å². The largest absolute Gasteiger partial charge is 0.478 e. The molecule has 0 unspecified atom stereocenters. The number of rotatable bonds is 4. The molecule has 1 saturated heterocycles. The van der Waals surface area contributed by atoms with Gasteiger partial charge in [-0.15, -0.1) is 0 Å². The topological polar surface area (TPSA) is 65.8 Å². The van der Waals surface area contributed by atoms with Crippen molar-refractivity contribution in [2.75, 3.05) is 31.1 Å². The summed E-state index contributed by atoms with van der Waals surface area (Å²) >= 11 is 0. The van der Waals surface area contributed by atoms with Gasteiger partial charge in [-0.05, 0) is 55.4 Å². The number of anilines is 1. The summed E-state index contributed by atoms with van der Waals surface area (Å²) in [6.07, 6.45) is 12.0. The Bertz CT molecular complexity index is 1330. The van der Waals surface area contributed by atoms with E-state index in [4.69, 9.17) is 0 Å². The molecule has 1 amide bonds. The number of hydrogen-bond donors (Lipinski definition) is 1. The highest BCUT2D eigenvalue weighted by molar-refractivity contribution is 6.00. The van der Waals surface area contributed by atoms with Crippen LogP contribution in [0.25, 0.3) is 22.2 Å². The van der Waals surface area contributed by atoms with Crippen LogP contribution in [0.1, 0.15) is 86.0 Å². The van der Waals surface area contributed by atoms with Gasteiger partial charge in [-0.3, -0.25) is 4.79 Å². The Kier molecular flexibility index (Phi) is 7.14. The molecule has 2 aromatic carbocycles. The van der Waals surface area contributed by atoms with Gasteiger partial charge in [0.2, 0.25) is 5.91 Å². The number of carbonyl (C=O) groups excluding carboxylic acids is 1. The summed E-state index contributed by atoms with van der Waals surface area (Å²) in [6, 6.07) is 14.2. The van der Waals surface area contributed by atoms with Crippen LogP contribution in [-0.2, 0) is 11.3 Å². The standard InChI is InChI=1S/C32H39N3O3/c36-29(33-17-9-2-1-3-10-18-33)22-34-19-20-35-28-21-24(32(37)38)15-16-25(28)30(23-11-5-4-6-12-23)31(35)26-13-7-8-14-27(26)34/h7-8,13-16,21,23H,1-6,9-12,17-20,22H2,(H,37,38). The lowest BCUT2D eigenvalue weighted by atomic mass is 9.81. The Morgan fingerprint density at radius 2 is 1.53 bits per heavy atom. The summed E-state index contributed by atoms with van der Waals surface area (Å²) in [5, 5.41) is 11.0. The first-order chi connectivity index (χ1) is 18.6. The van der Waals surface area contributed by atoms with E-state index >= 15 is 0 Å². The average molecular weight is 514 g/mol. The van der Waals surface area contributed by atoms with Gasteiger partial charge in [0.1, 0.15) is 0 Å². The Labute approximate surface area is 225 Å². The molecule has 1 aliphatic carbocycles. The lowest BCUT2D eigenvalue weighted by molar-refractivity contribution is -0.130. The first kappa shape index (κ1) is 25.0. The van der Waals surface area contributed by atoms with Gasteiger partial charge in [0.05, 0.1) is 17.8 Å². The van der Waals surface area contributed by atoms with Crippen molar-refractivity contribution in [1.82, 2.24) is 9.47 Å². The molecular weight excluding hydrogens is 474 g/mol. The van der Waals surface area contributed by atoms with E-state index in [1.54, 1.807) is 6.07 Å². The summed E-state index contributed by atoms with van der Waals surface area (Å²) in [5.74, 6) is -0.199. The molecule has 0 atom stereocenters. The molecule has 1 saturated carbocycles. The minimum absolute atomic E-state index is 0.221. The molecule has 0 spiro atoms. The van der Waals surface area contributed by atoms with Crippen LogP contribution >= 0.6 is 0 Å². The van der Waals surface area contributed by atoms with Crippen molar-refractivity contribution in [3.05, 3.63) is 53.6 Å². The molecule has 1 aromatic heterocycles. The highest BCUT2D eigenvalue weighted by Crippen LogP contribution is 2.47. The first-order valence-electron chi connectivity index (χ1n) is 14.6. The third-order valence-corrected chi connectivity index (χ3v) is 8.99. The zero-order chi connectivity index (χ0) is 26.1. The molecule has 6 rings (SSSR count). The fraction of sp³-hybridized carbons (Fsp3) is 0.500. The number of benzene rings is 2. The van der Waals surface area contributed by atoms with Gasteiger partial charge in [-0.25, -0.2) is 4.79 Å². The molecule has 2 aliphatic heterocycles. The van der Waals surface area contributed by atoms with E-state index in [-0.39, 0.29) is 5.91 Å². The van der Waals surface area contributed by atoms with E-state index in [0.29, 0.717) is 18.0 Å². The number of hydrogen-bond acceptors (Lipinski definition) is 3. The zero-order valence-electron chi connectivity index (χ0n) is 22.3. The van der Waals surface area contributed by atoms with E-state index in [1.165, 1.54) is 73.6 Å². The number of nitrogens with zero attached hydrogens (tertiary/aromatic N) is 3. The predicted octanol–water partition coefficient (Wildman–Crippen LogP) is 6.67. The molecule has 3 heterocycles. The van der Waals surface area contributed by atoms with Crippen LogP contribution in [0.2, 0.25) is 0 Å². The molecule has 38 heavy (non-hydrogen) atoms. The number of para-hydroxylation sites is 1. The van der Waals surface area contributed by atoms with Crippen LogP contribution in [0.15, 0.2) is 42.5 Å². The molecular formula is C32H39N3O3. The summed E-state index contributed by atoms with van der Waals surface area (Å²) in [5.41, 5.74) is 6.22. The third kappa shape index (κ3) is 4.70. The highest BCUT2D eigenvalue weighted by Gasteiger charge is 2.31. The van der Waals surface area contributed by atoms with Gasteiger partial charge in [0.15, 0.2) is 0 Å². The maximum absolute atomic E-state index is 13.5. The number of likely N-dealkylation sites (tertiary alicyclic amines) is 1. The van der Waals surface area contributed by atoms with Crippen LogP contribution in [0.5, 0.6) is 0 Å². The Hall–Kier alpha value is -3.28. The molecule has 0 bridgehead atoms. The first-order valence-corrected chi connectivity index (χ1v) is 14.6. The van der Waals surface area contributed by atoms with Crippen molar-refractivity contribution in [1.29, 1.82) is 0 Å². The number of fused-ring (bicyclic) bond motifs is 5. The number of carbonyl (C=O) groups is 2. The predicted molar refractivity (Wildman–Crippen MR) is 152 cm³/mol. The van der Waals surface area contributed by atoms with E-state index in [1.807, 2.05) is 12.1 Å². The summed E-state index contributed by atoms with van der Waals surface area (Å²) < 4.78 is 2.35. The molecule has 2 fully saturated rings. The summed E-state index contributed by atoms with van der Waals surface area (Å²) in [7, 11) is 0. The lowest BCUT2D eigenvalue weighted by Gasteiger charge is -2.30. The molecule has 200 valence electrons. The van der Waals surface area contributed by atoms with Gasteiger partial charge in [-0.2, -0.15) is 0 Å². The van der Waals surface area contributed by atoms with Gasteiger partial charge in [0, 0.05) is 48.3 Å². The van der Waals surface area contributed by atoms with Crippen LogP contribution < -0.4 is 4.90 Å². The molecule has 0 radical (unpaired) electrons. The second-order valence-corrected chi connectivity index (χ2v) is 11.4. The number of aromatic nitrogens is 1. The fourth-order valence-corrected chi connectivity index (χ4v) is 7.05. The fourth-order valence-electron chi connectivity index (χ4n) is 7.05. The second kappa shape index (κ2) is 10.8. The van der Waals surface area contributed by atoms with Gasteiger partial charge in [-0.1, -0.05) is 62.8 Å². The van der Waals surface area contributed by atoms with Crippen LogP contribution in [0.3, 0.4) is 0 Å². The lowest BCUT2D eigenvalue weighted by Crippen LogP contribution is -2.42. The minimum atomic E-state index is -0.892. The molecule has 6 nitrogen and oxygen atoms in total. The molecule has 3 aromatic rings. The normalized spacial score (nSPS) is 18.8. The zero-order valence-corrected chi connectivity index (χ0v) is 22.3. The Balaban J connectivity index is 1.43. The monoisotopic (exact) mass is 513 g/mol. The number of aromatic carboxylic acids is 1. The maximum Gasteiger partial charge on any atom is 0.335 e. The number of carboxylic acid groups (broad SMARTS) is 1. The van der Waals surface area contributed by atoms with Crippen molar-refractivity contribution in [2.24, 2.45) is 0 Å². The second-order valence-electron chi connectivity index (χ2n) is 11.4. The van der Waals surface area contributed by atoms with Crippen molar-refractivity contribution < 1.29 is 14.7 Å². The van der Waals surface area contributed by atoms with Crippen LogP contribution in [-0.4, -0.2) is 52.6 Å². The maximum atomic E-state index is 13.5. The number of amides is 1. The van der Waals surface area contributed by atoms with E-state index in [0.717, 1.165) is 50.2 Å².